The Kier molecular flexibility index (Phi) is 3.38. The van der Waals surface area contributed by atoms with Gasteiger partial charge in [0.15, 0.2) is 0 Å². The van der Waals surface area contributed by atoms with Crippen LogP contribution in [0.25, 0.3) is 10.9 Å². The van der Waals surface area contributed by atoms with Crippen LogP contribution in [0.15, 0.2) is 30.3 Å². The first-order chi connectivity index (χ1) is 7.70. The molecule has 82 valence electrons. The number of carbonyl (C=O) groups is 1. The molecule has 1 aromatic carbocycles. The van der Waals surface area contributed by atoms with E-state index in [1.807, 2.05) is 37.3 Å². The van der Waals surface area contributed by atoms with Gasteiger partial charge in [0, 0.05) is 11.8 Å². The first-order valence-electron chi connectivity index (χ1n) is 5.06. The van der Waals surface area contributed by atoms with Gasteiger partial charge < -0.3 is 5.32 Å². The van der Waals surface area contributed by atoms with Gasteiger partial charge in [-0.15, -0.1) is 0 Å². The Labute approximate surface area is 107 Å². The average molecular weight is 326 g/mol. The van der Waals surface area contributed by atoms with E-state index in [9.17, 15) is 4.79 Å². The van der Waals surface area contributed by atoms with Crippen molar-refractivity contribution in [1.29, 1.82) is 0 Å². The molecule has 2 rings (SSSR count). The number of hydrogen-bond acceptors (Lipinski definition) is 2. The van der Waals surface area contributed by atoms with Gasteiger partial charge in [-0.2, -0.15) is 0 Å². The van der Waals surface area contributed by atoms with Gasteiger partial charge in [-0.3, -0.25) is 4.79 Å². The summed E-state index contributed by atoms with van der Waals surface area (Å²) >= 11 is 2.17. The molecule has 2 aromatic rings. The van der Waals surface area contributed by atoms with E-state index in [-0.39, 0.29) is 5.91 Å². The van der Waals surface area contributed by atoms with E-state index < -0.39 is 0 Å². The predicted molar refractivity (Wildman–Crippen MR) is 73.4 cm³/mol. The van der Waals surface area contributed by atoms with Crippen molar-refractivity contribution in [2.75, 3.05) is 5.32 Å². The maximum atomic E-state index is 11.4. The number of rotatable bonds is 2. The lowest BCUT2D eigenvalue weighted by Crippen LogP contribution is -2.09. The second-order valence-corrected chi connectivity index (χ2v) is 4.51. The highest BCUT2D eigenvalue weighted by Crippen LogP contribution is 2.22. The average Bonchev–Trinajstić information content (AvgIpc) is 2.28. The Morgan fingerprint density at radius 2 is 2.19 bits per heavy atom. The lowest BCUT2D eigenvalue weighted by atomic mass is 10.2. The molecule has 1 N–H and O–H groups in total. The third kappa shape index (κ3) is 2.32. The van der Waals surface area contributed by atoms with Gasteiger partial charge in [-0.25, -0.2) is 4.98 Å². The number of pyridine rings is 1. The van der Waals surface area contributed by atoms with Crippen LogP contribution in [0.5, 0.6) is 0 Å². The van der Waals surface area contributed by atoms with Crippen LogP contribution < -0.4 is 5.32 Å². The third-order valence-corrected chi connectivity index (χ3v) is 2.89. The molecule has 16 heavy (non-hydrogen) atoms. The van der Waals surface area contributed by atoms with Crippen molar-refractivity contribution in [2.24, 2.45) is 0 Å². The molecular formula is C12H11IN2O. The first-order valence-corrected chi connectivity index (χ1v) is 6.13. The molecule has 1 heterocycles. The highest BCUT2D eigenvalue weighted by molar-refractivity contribution is 14.1. The summed E-state index contributed by atoms with van der Waals surface area (Å²) in [5.41, 5.74) is 1.73. The van der Waals surface area contributed by atoms with E-state index in [0.717, 1.165) is 20.3 Å². The van der Waals surface area contributed by atoms with Gasteiger partial charge in [-0.05, 0) is 46.9 Å². The third-order valence-electron chi connectivity index (χ3n) is 2.29. The summed E-state index contributed by atoms with van der Waals surface area (Å²) in [4.78, 5) is 15.8. The number of fused-ring (bicyclic) bond motifs is 1. The molecule has 3 nitrogen and oxygen atoms in total. The van der Waals surface area contributed by atoms with Gasteiger partial charge in [0.2, 0.25) is 5.91 Å². The molecule has 0 aliphatic carbocycles. The second kappa shape index (κ2) is 4.78. The molecule has 0 saturated carbocycles. The molecule has 0 spiro atoms. The lowest BCUT2D eigenvalue weighted by Gasteiger charge is -2.07. The smallest absolute Gasteiger partial charge is 0.224 e. The van der Waals surface area contributed by atoms with Crippen LogP contribution in [-0.2, 0) is 4.79 Å². The lowest BCUT2D eigenvalue weighted by molar-refractivity contribution is -0.115. The standard InChI is InChI=1S/C12H11IN2O/c1-2-12(16)15-10-5-3-4-9-8(10)6-7-11(13)14-9/h3-7H,2H2,1H3,(H,15,16). The Bertz CT molecular complexity index is 540. The molecule has 0 bridgehead atoms. The number of halogens is 1. The zero-order valence-corrected chi connectivity index (χ0v) is 11.0. The molecule has 0 saturated heterocycles. The van der Waals surface area contributed by atoms with Gasteiger partial charge in [-0.1, -0.05) is 13.0 Å². The molecule has 0 radical (unpaired) electrons. The maximum Gasteiger partial charge on any atom is 0.224 e. The molecule has 1 amide bonds. The van der Waals surface area contributed by atoms with E-state index in [2.05, 4.69) is 32.9 Å². The van der Waals surface area contributed by atoms with Crippen LogP contribution in [0.3, 0.4) is 0 Å². The molecule has 0 unspecified atom stereocenters. The van der Waals surface area contributed by atoms with Gasteiger partial charge in [0.1, 0.15) is 3.70 Å². The van der Waals surface area contributed by atoms with Crippen LogP contribution in [0.2, 0.25) is 0 Å². The summed E-state index contributed by atoms with van der Waals surface area (Å²) in [5.74, 6) is 0.0195. The Balaban J connectivity index is 2.49. The number of aromatic nitrogens is 1. The summed E-state index contributed by atoms with van der Waals surface area (Å²) in [6.45, 7) is 1.83. The number of nitrogens with zero attached hydrogens (tertiary/aromatic N) is 1. The van der Waals surface area contributed by atoms with E-state index in [0.29, 0.717) is 6.42 Å². The molecule has 4 heteroatoms. The molecule has 0 aliphatic rings. The van der Waals surface area contributed by atoms with Crippen molar-refractivity contribution in [3.05, 3.63) is 34.0 Å². The Morgan fingerprint density at radius 3 is 2.94 bits per heavy atom. The zero-order chi connectivity index (χ0) is 11.5. The normalized spacial score (nSPS) is 10.4. The Hall–Kier alpha value is -1.17. The summed E-state index contributed by atoms with van der Waals surface area (Å²) < 4.78 is 0.948. The van der Waals surface area contributed by atoms with Gasteiger partial charge >= 0.3 is 0 Å². The van der Waals surface area contributed by atoms with E-state index >= 15 is 0 Å². The molecule has 0 fully saturated rings. The summed E-state index contributed by atoms with van der Waals surface area (Å²) in [7, 11) is 0. The topological polar surface area (TPSA) is 42.0 Å². The fraction of sp³-hybridized carbons (Fsp3) is 0.167. The van der Waals surface area contributed by atoms with Gasteiger partial charge in [0.05, 0.1) is 11.2 Å². The minimum atomic E-state index is 0.0195. The first kappa shape index (κ1) is 11.3. The number of hydrogen-bond donors (Lipinski definition) is 1. The van der Waals surface area contributed by atoms with Crippen molar-refractivity contribution in [1.82, 2.24) is 4.98 Å². The van der Waals surface area contributed by atoms with Crippen molar-refractivity contribution < 1.29 is 4.79 Å². The summed E-state index contributed by atoms with van der Waals surface area (Å²) in [6, 6.07) is 9.65. The van der Waals surface area contributed by atoms with Crippen LogP contribution in [0.4, 0.5) is 5.69 Å². The summed E-state index contributed by atoms with van der Waals surface area (Å²) in [5, 5.41) is 3.85. The van der Waals surface area contributed by atoms with Crippen LogP contribution in [0.1, 0.15) is 13.3 Å². The number of carbonyl (C=O) groups excluding carboxylic acids is 1. The molecule has 0 aliphatic heterocycles. The SMILES string of the molecule is CCC(=O)Nc1cccc2nc(I)ccc12. The molecule has 1 aromatic heterocycles. The number of benzene rings is 1. The zero-order valence-electron chi connectivity index (χ0n) is 8.83. The molecule has 0 atom stereocenters. The minimum Gasteiger partial charge on any atom is -0.325 e. The highest BCUT2D eigenvalue weighted by Gasteiger charge is 2.04. The van der Waals surface area contributed by atoms with Crippen LogP contribution in [0, 0.1) is 3.70 Å². The fourth-order valence-corrected chi connectivity index (χ4v) is 1.92. The monoisotopic (exact) mass is 326 g/mol. The Morgan fingerprint density at radius 1 is 1.38 bits per heavy atom. The van der Waals surface area contributed by atoms with E-state index in [4.69, 9.17) is 0 Å². The van der Waals surface area contributed by atoms with Crippen molar-refractivity contribution >= 4 is 45.1 Å². The fourth-order valence-electron chi connectivity index (χ4n) is 1.48. The highest BCUT2D eigenvalue weighted by atomic mass is 127. The predicted octanol–water partition coefficient (Wildman–Crippen LogP) is 3.19. The molecular weight excluding hydrogens is 315 g/mol. The number of nitrogens with one attached hydrogen (secondary N) is 1. The van der Waals surface area contributed by atoms with E-state index in [1.165, 1.54) is 0 Å². The van der Waals surface area contributed by atoms with Crippen molar-refractivity contribution in [3.63, 3.8) is 0 Å². The van der Waals surface area contributed by atoms with Crippen LogP contribution >= 0.6 is 22.6 Å². The van der Waals surface area contributed by atoms with Crippen molar-refractivity contribution in [3.8, 4) is 0 Å². The maximum absolute atomic E-state index is 11.4. The van der Waals surface area contributed by atoms with E-state index in [1.54, 1.807) is 0 Å². The largest absolute Gasteiger partial charge is 0.325 e. The second-order valence-electron chi connectivity index (χ2n) is 3.41. The number of amides is 1. The quantitative estimate of drug-likeness (QED) is 0.680. The summed E-state index contributed by atoms with van der Waals surface area (Å²) in [6.07, 6.45) is 0.480. The van der Waals surface area contributed by atoms with Crippen molar-refractivity contribution in [2.45, 2.75) is 13.3 Å². The minimum absolute atomic E-state index is 0.0195. The van der Waals surface area contributed by atoms with Gasteiger partial charge in [0.25, 0.3) is 0 Å². The number of anilines is 1. The van der Waals surface area contributed by atoms with Crippen LogP contribution in [-0.4, -0.2) is 10.9 Å².